The van der Waals surface area contributed by atoms with Crippen molar-refractivity contribution in [1.29, 1.82) is 0 Å². The summed E-state index contributed by atoms with van der Waals surface area (Å²) in [5.74, 6) is -1.71. The van der Waals surface area contributed by atoms with Crippen molar-refractivity contribution in [2.24, 2.45) is 0 Å². The molecule has 1 N–H and O–H groups in total. The Bertz CT molecular complexity index is 581. The van der Waals surface area contributed by atoms with Gasteiger partial charge in [0.1, 0.15) is 0 Å². The quantitative estimate of drug-likeness (QED) is 0.871. The van der Waals surface area contributed by atoms with E-state index in [4.69, 9.17) is 0 Å². The minimum absolute atomic E-state index is 0.196. The Morgan fingerprint density at radius 1 is 0.950 bits per heavy atom. The smallest absolute Gasteiger partial charge is 0.251 e. The Morgan fingerprint density at radius 2 is 1.50 bits per heavy atom. The number of rotatable bonds is 5. The van der Waals surface area contributed by atoms with E-state index in [0.29, 0.717) is 5.56 Å². The Balaban J connectivity index is 2.07. The molecule has 1 amide bonds. The van der Waals surface area contributed by atoms with E-state index in [-0.39, 0.29) is 6.42 Å². The van der Waals surface area contributed by atoms with Crippen molar-refractivity contribution in [2.45, 2.75) is 12.5 Å². The van der Waals surface area contributed by atoms with Gasteiger partial charge in [0.25, 0.3) is 5.91 Å². The number of hydrogen-bond acceptors (Lipinski definition) is 3. The van der Waals surface area contributed by atoms with Crippen LogP contribution in [0.5, 0.6) is 0 Å². The molecule has 0 bridgehead atoms. The molecule has 0 fully saturated rings. The van der Waals surface area contributed by atoms with Gasteiger partial charge in [-0.25, -0.2) is 0 Å². The second kappa shape index (κ2) is 6.52. The summed E-state index contributed by atoms with van der Waals surface area (Å²) in [5, 5.41) is 13.6. The Morgan fingerprint density at radius 3 is 2.05 bits per heavy atom. The molecule has 2 aromatic rings. The van der Waals surface area contributed by atoms with Crippen LogP contribution in [0, 0.1) is 0 Å². The number of carboxylic acids is 1. The summed E-state index contributed by atoms with van der Waals surface area (Å²) in [6, 6.07) is 16.5. The standard InChI is InChI=1S/C16H15NO3/c18-15(13-9-5-2-6-10-13)17-14(16(19)20)11-12-7-3-1-4-8-12/h1-10,14H,11H2,(H,17,18)(H,19,20)/p-1/t14-/m1/s1. The highest BCUT2D eigenvalue weighted by Crippen LogP contribution is 2.05. The highest BCUT2D eigenvalue weighted by atomic mass is 16.4. The molecular weight excluding hydrogens is 254 g/mol. The van der Waals surface area contributed by atoms with Crippen molar-refractivity contribution in [1.82, 2.24) is 5.32 Å². The highest BCUT2D eigenvalue weighted by molar-refractivity contribution is 5.96. The molecule has 102 valence electrons. The molecule has 2 rings (SSSR count). The fraction of sp³-hybridized carbons (Fsp3) is 0.125. The topological polar surface area (TPSA) is 69.2 Å². The Hall–Kier alpha value is -2.62. The van der Waals surface area contributed by atoms with E-state index in [1.54, 1.807) is 30.3 Å². The highest BCUT2D eigenvalue weighted by Gasteiger charge is 2.15. The maximum atomic E-state index is 11.9. The predicted molar refractivity (Wildman–Crippen MR) is 72.8 cm³/mol. The zero-order valence-corrected chi connectivity index (χ0v) is 10.8. The Labute approximate surface area is 117 Å². The number of aliphatic carboxylic acids is 1. The molecule has 1 atom stereocenters. The van der Waals surface area contributed by atoms with Gasteiger partial charge in [0.15, 0.2) is 0 Å². The molecule has 20 heavy (non-hydrogen) atoms. The summed E-state index contributed by atoms with van der Waals surface area (Å²) in [6.45, 7) is 0. The number of hydrogen-bond donors (Lipinski definition) is 1. The van der Waals surface area contributed by atoms with Crippen LogP contribution in [0.15, 0.2) is 60.7 Å². The summed E-state index contributed by atoms with van der Waals surface area (Å²) in [5.41, 5.74) is 1.25. The van der Waals surface area contributed by atoms with Crippen LogP contribution in [0.25, 0.3) is 0 Å². The Kier molecular flexibility index (Phi) is 4.50. The van der Waals surface area contributed by atoms with E-state index >= 15 is 0 Å². The predicted octanol–water partition coefficient (Wildman–Crippen LogP) is 0.778. The molecule has 2 aromatic carbocycles. The summed E-state index contributed by atoms with van der Waals surface area (Å²) in [7, 11) is 0. The lowest BCUT2D eigenvalue weighted by atomic mass is 10.1. The van der Waals surface area contributed by atoms with E-state index < -0.39 is 17.9 Å². The minimum atomic E-state index is -1.29. The largest absolute Gasteiger partial charge is 0.548 e. The molecule has 0 aliphatic rings. The van der Waals surface area contributed by atoms with E-state index in [9.17, 15) is 14.7 Å². The van der Waals surface area contributed by atoms with Crippen LogP contribution in [0.2, 0.25) is 0 Å². The van der Waals surface area contributed by atoms with Gasteiger partial charge in [0, 0.05) is 5.56 Å². The number of carbonyl (C=O) groups is 2. The molecule has 0 aromatic heterocycles. The third-order valence-corrected chi connectivity index (χ3v) is 2.91. The van der Waals surface area contributed by atoms with Gasteiger partial charge in [-0.2, -0.15) is 0 Å². The molecule has 4 heteroatoms. The van der Waals surface area contributed by atoms with Crippen molar-refractivity contribution < 1.29 is 14.7 Å². The summed E-state index contributed by atoms with van der Waals surface area (Å²) in [4.78, 5) is 23.1. The maximum Gasteiger partial charge on any atom is 0.251 e. The fourth-order valence-corrected chi connectivity index (χ4v) is 1.87. The number of carbonyl (C=O) groups excluding carboxylic acids is 2. The lowest BCUT2D eigenvalue weighted by Gasteiger charge is -2.19. The zero-order valence-electron chi connectivity index (χ0n) is 10.8. The molecule has 0 aliphatic carbocycles. The summed E-state index contributed by atoms with van der Waals surface area (Å²) >= 11 is 0. The first-order chi connectivity index (χ1) is 9.66. The molecule has 0 saturated carbocycles. The maximum absolute atomic E-state index is 11.9. The third-order valence-electron chi connectivity index (χ3n) is 2.91. The second-order valence-electron chi connectivity index (χ2n) is 4.40. The van der Waals surface area contributed by atoms with Crippen LogP contribution >= 0.6 is 0 Å². The fourth-order valence-electron chi connectivity index (χ4n) is 1.87. The molecule has 0 radical (unpaired) electrons. The van der Waals surface area contributed by atoms with Crippen molar-refractivity contribution in [3.05, 3.63) is 71.8 Å². The van der Waals surface area contributed by atoms with E-state index in [1.807, 2.05) is 30.3 Å². The van der Waals surface area contributed by atoms with Crippen LogP contribution < -0.4 is 10.4 Å². The van der Waals surface area contributed by atoms with Crippen molar-refractivity contribution in [2.75, 3.05) is 0 Å². The average molecular weight is 268 g/mol. The normalized spacial score (nSPS) is 11.6. The molecule has 0 heterocycles. The molecular formula is C16H14NO3-. The minimum Gasteiger partial charge on any atom is -0.548 e. The van der Waals surface area contributed by atoms with Crippen molar-refractivity contribution >= 4 is 11.9 Å². The zero-order chi connectivity index (χ0) is 14.4. The van der Waals surface area contributed by atoms with Crippen LogP contribution in [-0.2, 0) is 11.2 Å². The molecule has 0 spiro atoms. The van der Waals surface area contributed by atoms with Crippen molar-refractivity contribution in [3.8, 4) is 0 Å². The van der Waals surface area contributed by atoms with Crippen molar-refractivity contribution in [3.63, 3.8) is 0 Å². The van der Waals surface area contributed by atoms with Gasteiger partial charge in [-0.05, 0) is 24.1 Å². The lowest BCUT2D eigenvalue weighted by Crippen LogP contribution is -2.49. The molecule has 0 unspecified atom stereocenters. The van der Waals surface area contributed by atoms with Gasteiger partial charge < -0.3 is 15.2 Å². The van der Waals surface area contributed by atoms with Gasteiger partial charge in [-0.1, -0.05) is 48.5 Å². The molecule has 0 aliphatic heterocycles. The van der Waals surface area contributed by atoms with E-state index in [1.165, 1.54) is 0 Å². The number of amides is 1. The van der Waals surface area contributed by atoms with Crippen LogP contribution in [0.4, 0.5) is 0 Å². The van der Waals surface area contributed by atoms with Crippen LogP contribution in [0.3, 0.4) is 0 Å². The lowest BCUT2D eigenvalue weighted by molar-refractivity contribution is -0.308. The monoisotopic (exact) mass is 268 g/mol. The van der Waals surface area contributed by atoms with E-state index in [2.05, 4.69) is 5.32 Å². The first-order valence-corrected chi connectivity index (χ1v) is 6.27. The molecule has 4 nitrogen and oxygen atoms in total. The number of benzene rings is 2. The third kappa shape index (κ3) is 3.68. The number of carboxylic acid groups (broad SMARTS) is 1. The first-order valence-electron chi connectivity index (χ1n) is 6.27. The van der Waals surface area contributed by atoms with E-state index in [0.717, 1.165) is 5.56 Å². The van der Waals surface area contributed by atoms with Crippen LogP contribution in [0.1, 0.15) is 15.9 Å². The van der Waals surface area contributed by atoms with Gasteiger partial charge >= 0.3 is 0 Å². The summed E-state index contributed by atoms with van der Waals surface area (Å²) < 4.78 is 0. The van der Waals surface area contributed by atoms with Crippen LogP contribution in [-0.4, -0.2) is 17.9 Å². The summed E-state index contributed by atoms with van der Waals surface area (Å²) in [6.07, 6.45) is 0.196. The second-order valence-corrected chi connectivity index (χ2v) is 4.40. The van der Waals surface area contributed by atoms with Gasteiger partial charge in [0.2, 0.25) is 0 Å². The number of nitrogens with one attached hydrogen (secondary N) is 1. The average Bonchev–Trinajstić information content (AvgIpc) is 2.48. The van der Waals surface area contributed by atoms with Gasteiger partial charge in [0.05, 0.1) is 12.0 Å². The van der Waals surface area contributed by atoms with Gasteiger partial charge in [-0.3, -0.25) is 4.79 Å². The first kappa shape index (κ1) is 13.8. The SMILES string of the molecule is O=C(N[C@H](Cc1ccccc1)C(=O)[O-])c1ccccc1. The van der Waals surface area contributed by atoms with Gasteiger partial charge in [-0.15, -0.1) is 0 Å². The molecule has 0 saturated heterocycles.